The second kappa shape index (κ2) is 9.29. The fourth-order valence-electron chi connectivity index (χ4n) is 4.40. The fourth-order valence-corrected chi connectivity index (χ4v) is 5.61. The molecule has 0 nitrogen and oxygen atoms in total. The number of hydrogen-bond acceptors (Lipinski definition) is 1. The van der Waals surface area contributed by atoms with Crippen molar-refractivity contribution < 1.29 is 0 Å². The summed E-state index contributed by atoms with van der Waals surface area (Å²) in [4.78, 5) is 0. The van der Waals surface area contributed by atoms with E-state index in [1.165, 1.54) is 41.7 Å². The van der Waals surface area contributed by atoms with Crippen LogP contribution in [0.4, 0.5) is 0 Å². The van der Waals surface area contributed by atoms with Gasteiger partial charge in [0.25, 0.3) is 0 Å². The molecule has 0 saturated carbocycles. The van der Waals surface area contributed by atoms with E-state index in [1.54, 1.807) is 11.1 Å². The fraction of sp³-hybridized carbons (Fsp3) is 0.571. The summed E-state index contributed by atoms with van der Waals surface area (Å²) in [5, 5.41) is 0. The van der Waals surface area contributed by atoms with E-state index in [0.29, 0.717) is 0 Å². The first-order valence-electron chi connectivity index (χ1n) is 11.5. The molecule has 1 aliphatic rings. The first-order chi connectivity index (χ1) is 13.6. The van der Waals surface area contributed by atoms with Crippen LogP contribution in [0.2, 0.25) is 0 Å². The average Bonchev–Trinajstić information content (AvgIpc) is 2.71. The van der Waals surface area contributed by atoms with Crippen LogP contribution in [0.25, 0.3) is 0 Å². The highest BCUT2D eigenvalue weighted by Crippen LogP contribution is 2.49. The smallest absolute Gasteiger partial charge is 0.0628 e. The minimum atomic E-state index is -0.00356. The molecule has 0 aliphatic heterocycles. The van der Waals surface area contributed by atoms with Crippen LogP contribution in [-0.4, -0.2) is 5.75 Å². The van der Waals surface area contributed by atoms with Crippen LogP contribution in [0.3, 0.4) is 0 Å². The lowest BCUT2D eigenvalue weighted by molar-refractivity contribution is 0.331. The van der Waals surface area contributed by atoms with Gasteiger partial charge in [-0.3, -0.25) is 0 Å². The van der Waals surface area contributed by atoms with Crippen LogP contribution >= 0.6 is 11.8 Å². The normalized spacial score (nSPS) is 18.8. The molecule has 0 heterocycles. The van der Waals surface area contributed by atoms with Crippen molar-refractivity contribution in [3.8, 4) is 0 Å². The summed E-state index contributed by atoms with van der Waals surface area (Å²) in [5.41, 5.74) is 7.84. The van der Waals surface area contributed by atoms with Crippen LogP contribution in [-0.2, 0) is 15.6 Å². The zero-order valence-electron chi connectivity index (χ0n) is 20.3. The average molecular weight is 411 g/mol. The second-order valence-corrected chi connectivity index (χ2v) is 11.3. The number of aryl methyl sites for hydroxylation is 1. The molecule has 0 fully saturated rings. The number of fused-ring (bicyclic) bond motifs is 1. The molecule has 2 aromatic carbocycles. The van der Waals surface area contributed by atoms with Gasteiger partial charge in [0.15, 0.2) is 0 Å². The Hall–Kier alpha value is -1.21. The highest BCUT2D eigenvalue weighted by molar-refractivity contribution is 8.00. The third kappa shape index (κ3) is 4.93. The number of hydrogen-bond donors (Lipinski definition) is 0. The van der Waals surface area contributed by atoms with Gasteiger partial charge in [-0.1, -0.05) is 96.5 Å². The molecule has 0 amide bonds. The number of rotatable bonds is 5. The van der Waals surface area contributed by atoms with Crippen molar-refractivity contribution in [2.45, 2.75) is 97.2 Å². The largest absolute Gasteiger partial charge is 0.146 e. The third-order valence-corrected chi connectivity index (χ3v) is 8.26. The van der Waals surface area contributed by atoms with Gasteiger partial charge in [-0.2, -0.15) is 0 Å². The Balaban J connectivity index is 0.00000145. The van der Waals surface area contributed by atoms with Crippen molar-refractivity contribution in [1.29, 1.82) is 0 Å². The Morgan fingerprint density at radius 1 is 0.828 bits per heavy atom. The molecule has 1 aliphatic carbocycles. The molecule has 2 aromatic rings. The topological polar surface area (TPSA) is 0 Å². The molecular weight excluding hydrogens is 368 g/mol. The maximum atomic E-state index is 2.54. The van der Waals surface area contributed by atoms with E-state index in [4.69, 9.17) is 0 Å². The van der Waals surface area contributed by atoms with Gasteiger partial charge in [-0.25, -0.2) is 0 Å². The highest BCUT2D eigenvalue weighted by atomic mass is 32.2. The molecule has 0 radical (unpaired) electrons. The summed E-state index contributed by atoms with van der Waals surface area (Å²) in [6, 6.07) is 16.5. The van der Waals surface area contributed by atoms with Crippen molar-refractivity contribution >= 4 is 11.8 Å². The summed E-state index contributed by atoms with van der Waals surface area (Å²) < 4.78 is -0.00356. The molecule has 0 saturated heterocycles. The van der Waals surface area contributed by atoms with E-state index in [0.717, 1.165) is 0 Å². The summed E-state index contributed by atoms with van der Waals surface area (Å²) in [6.45, 7) is 20.5. The quantitative estimate of drug-likeness (QED) is 0.474. The van der Waals surface area contributed by atoms with Gasteiger partial charge in [-0.15, -0.1) is 11.8 Å². The Kier molecular flexibility index (Phi) is 7.71. The molecule has 3 rings (SSSR count). The van der Waals surface area contributed by atoms with Gasteiger partial charge < -0.3 is 0 Å². The predicted molar refractivity (Wildman–Crippen MR) is 133 cm³/mol. The van der Waals surface area contributed by atoms with Crippen molar-refractivity contribution in [3.63, 3.8) is 0 Å². The zero-order chi connectivity index (χ0) is 21.9. The molecule has 29 heavy (non-hydrogen) atoms. The summed E-state index contributed by atoms with van der Waals surface area (Å²) in [7, 11) is 0. The van der Waals surface area contributed by atoms with Gasteiger partial charge >= 0.3 is 0 Å². The lowest BCUT2D eigenvalue weighted by atomic mass is 9.62. The second-order valence-electron chi connectivity index (χ2n) is 9.78. The van der Waals surface area contributed by atoms with Gasteiger partial charge in [0.05, 0.1) is 4.75 Å². The van der Waals surface area contributed by atoms with Crippen molar-refractivity contribution in [3.05, 3.63) is 70.3 Å². The van der Waals surface area contributed by atoms with Crippen molar-refractivity contribution in [1.82, 2.24) is 0 Å². The maximum absolute atomic E-state index is 2.54. The molecule has 0 N–H and O–H groups in total. The molecule has 0 spiro atoms. The van der Waals surface area contributed by atoms with E-state index >= 15 is 0 Å². The molecule has 1 heteroatoms. The molecule has 0 aromatic heterocycles. The van der Waals surface area contributed by atoms with Crippen LogP contribution in [0.15, 0.2) is 42.5 Å². The number of benzene rings is 2. The molecule has 1 atom stereocenters. The van der Waals surface area contributed by atoms with E-state index in [9.17, 15) is 0 Å². The minimum absolute atomic E-state index is 0.00356. The van der Waals surface area contributed by atoms with Gasteiger partial charge in [-0.05, 0) is 71.9 Å². The molecule has 0 bridgehead atoms. The van der Waals surface area contributed by atoms with Crippen molar-refractivity contribution in [2.24, 2.45) is 0 Å². The predicted octanol–water partition coefficient (Wildman–Crippen LogP) is 8.78. The Labute approximate surface area is 184 Å². The Bertz CT molecular complexity index is 798. The third-order valence-electron chi connectivity index (χ3n) is 6.60. The molecule has 1 unspecified atom stereocenters. The minimum Gasteiger partial charge on any atom is -0.146 e. The van der Waals surface area contributed by atoms with E-state index in [2.05, 4.69) is 103 Å². The van der Waals surface area contributed by atoms with Crippen molar-refractivity contribution in [2.75, 3.05) is 5.75 Å². The summed E-state index contributed by atoms with van der Waals surface area (Å²) in [6.07, 6.45) is 3.74. The first kappa shape index (κ1) is 24.1. The lowest BCUT2D eigenvalue weighted by Gasteiger charge is -2.43. The zero-order valence-corrected chi connectivity index (χ0v) is 21.1. The van der Waals surface area contributed by atoms with E-state index < -0.39 is 0 Å². The van der Waals surface area contributed by atoms with Gasteiger partial charge in [0.2, 0.25) is 0 Å². The Morgan fingerprint density at radius 3 is 1.90 bits per heavy atom. The van der Waals surface area contributed by atoms with Gasteiger partial charge in [0.1, 0.15) is 0 Å². The van der Waals surface area contributed by atoms with E-state index in [-0.39, 0.29) is 15.6 Å². The monoisotopic (exact) mass is 410 g/mol. The lowest BCUT2D eigenvalue weighted by Crippen LogP contribution is -2.34. The molecular formula is C28H42S. The first-order valence-corrected chi connectivity index (χ1v) is 12.5. The summed E-state index contributed by atoms with van der Waals surface area (Å²) >= 11 is 2.09. The van der Waals surface area contributed by atoms with Crippen LogP contribution in [0, 0.1) is 6.92 Å². The molecule has 160 valence electrons. The summed E-state index contributed by atoms with van der Waals surface area (Å²) in [5.74, 6) is 1.18. The van der Waals surface area contributed by atoms with Crippen LogP contribution in [0.5, 0.6) is 0 Å². The maximum Gasteiger partial charge on any atom is 0.0628 e. The highest BCUT2D eigenvalue weighted by Gasteiger charge is 2.39. The van der Waals surface area contributed by atoms with Crippen LogP contribution in [0.1, 0.15) is 102 Å². The van der Waals surface area contributed by atoms with Gasteiger partial charge in [0, 0.05) is 0 Å². The van der Waals surface area contributed by atoms with Crippen LogP contribution < -0.4 is 0 Å². The number of thioether (sulfide) groups is 1. The standard InChI is InChI=1S/C26H36S.C2H6/c1-8-17-27-26(7,20-11-9-19(2)10-12-20)21-13-14-22-23(18-21)25(5,6)16-15-24(22,3)4;1-2/h9-14,18H,8,15-17H2,1-7H3;1-2H3. The van der Waals surface area contributed by atoms with E-state index in [1.807, 2.05) is 13.8 Å². The Morgan fingerprint density at radius 2 is 1.34 bits per heavy atom. The SMILES string of the molecule is CC.CCCSC(C)(c1ccc(C)cc1)c1ccc2c(c1)C(C)(C)CCC2(C)C.